The molecule has 0 aliphatic heterocycles. The summed E-state index contributed by atoms with van der Waals surface area (Å²) in [5.74, 6) is 0.834. The molecule has 0 spiro atoms. The van der Waals surface area contributed by atoms with Gasteiger partial charge < -0.3 is 20.7 Å². The number of nitrogens with two attached hydrogens (primary N) is 1. The van der Waals surface area contributed by atoms with E-state index in [1.54, 1.807) is 19.0 Å². The average molecular weight is 502 g/mol. The molecule has 2 fully saturated rings. The van der Waals surface area contributed by atoms with Crippen LogP contribution in [0.5, 0.6) is 5.88 Å². The normalized spacial score (nSPS) is 22.6. The molecule has 2 aliphatic carbocycles. The molecule has 200 valence electrons. The minimum Gasteiger partial charge on any atom is -0.482 e. The highest BCUT2D eigenvalue weighted by Crippen LogP contribution is 2.38. The van der Waals surface area contributed by atoms with E-state index in [0.29, 0.717) is 18.8 Å². The summed E-state index contributed by atoms with van der Waals surface area (Å²) in [7, 11) is 5.00. The summed E-state index contributed by atoms with van der Waals surface area (Å²) in [6.45, 7) is 0. The number of rotatable bonds is 10. The van der Waals surface area contributed by atoms with E-state index in [9.17, 15) is 14.4 Å². The van der Waals surface area contributed by atoms with Gasteiger partial charge in [0.05, 0.1) is 19.0 Å². The van der Waals surface area contributed by atoms with Crippen LogP contribution in [0.3, 0.4) is 0 Å². The van der Waals surface area contributed by atoms with Crippen LogP contribution in [0.4, 0.5) is 0 Å². The summed E-state index contributed by atoms with van der Waals surface area (Å²) in [5.41, 5.74) is 4.82. The van der Waals surface area contributed by atoms with Crippen molar-refractivity contribution in [1.82, 2.24) is 15.2 Å². The number of pyridine rings is 1. The molecule has 4 N–H and O–H groups in total. The molecule has 2 amide bonds. The lowest BCUT2D eigenvalue weighted by Crippen LogP contribution is -2.48. The van der Waals surface area contributed by atoms with E-state index in [2.05, 4.69) is 15.3 Å². The predicted molar refractivity (Wildman–Crippen MR) is 141 cm³/mol. The Morgan fingerprint density at radius 1 is 1.17 bits per heavy atom. The van der Waals surface area contributed by atoms with Gasteiger partial charge in [-0.25, -0.2) is 0 Å². The highest BCUT2D eigenvalue weighted by Gasteiger charge is 2.42. The van der Waals surface area contributed by atoms with Crippen LogP contribution in [0.15, 0.2) is 21.9 Å². The fraction of sp³-hybridized carbons (Fsp3) is 0.704. The molecular weight excluding hydrogens is 458 g/mol. The van der Waals surface area contributed by atoms with E-state index in [4.69, 9.17) is 10.5 Å². The first-order valence-electron chi connectivity index (χ1n) is 13.3. The molecule has 3 rings (SSSR count). The molecule has 36 heavy (non-hydrogen) atoms. The quantitative estimate of drug-likeness (QED) is 0.335. The van der Waals surface area contributed by atoms with E-state index in [1.807, 2.05) is 0 Å². The van der Waals surface area contributed by atoms with Crippen molar-refractivity contribution in [2.75, 3.05) is 21.2 Å². The van der Waals surface area contributed by atoms with Crippen molar-refractivity contribution < 1.29 is 14.3 Å². The molecule has 0 saturated heterocycles. The highest BCUT2D eigenvalue weighted by atomic mass is 16.5. The van der Waals surface area contributed by atoms with Gasteiger partial charge in [-0.15, -0.1) is 0 Å². The number of carbonyl (C=O) groups excluding carboxylic acids is 2. The maximum atomic E-state index is 13.5. The van der Waals surface area contributed by atoms with Gasteiger partial charge >= 0.3 is 0 Å². The lowest BCUT2D eigenvalue weighted by atomic mass is 9.73. The zero-order valence-electron chi connectivity index (χ0n) is 22.1. The fourth-order valence-corrected chi connectivity index (χ4v) is 6.06. The van der Waals surface area contributed by atoms with E-state index < -0.39 is 5.54 Å². The van der Waals surface area contributed by atoms with Gasteiger partial charge in [-0.1, -0.05) is 44.9 Å². The minimum absolute atomic E-state index is 0.00164. The SMILES string of the molecule is COc1cc(C(=O)NC2CCCC(C[C@@](CCC3CCCCC3)(N=CN)C(=O)N(C)C)C2)cc(=O)[nH]1. The first-order valence-corrected chi connectivity index (χ1v) is 13.3. The average Bonchev–Trinajstić information content (AvgIpc) is 2.87. The minimum atomic E-state index is -0.869. The number of amides is 2. The number of aromatic nitrogens is 1. The maximum absolute atomic E-state index is 13.5. The molecular formula is C27H43N5O4. The lowest BCUT2D eigenvalue weighted by Gasteiger charge is -2.38. The summed E-state index contributed by atoms with van der Waals surface area (Å²) in [5, 5.41) is 3.09. The zero-order chi connectivity index (χ0) is 26.1. The van der Waals surface area contributed by atoms with Gasteiger partial charge in [0.25, 0.3) is 11.5 Å². The number of carbonyl (C=O) groups is 2. The van der Waals surface area contributed by atoms with Gasteiger partial charge in [0.1, 0.15) is 5.54 Å². The molecule has 9 heteroatoms. The van der Waals surface area contributed by atoms with Gasteiger partial charge in [-0.2, -0.15) is 0 Å². The van der Waals surface area contributed by atoms with Gasteiger partial charge in [0.2, 0.25) is 5.91 Å². The number of aromatic amines is 1. The molecule has 1 aromatic rings. The van der Waals surface area contributed by atoms with Crippen molar-refractivity contribution in [3.8, 4) is 5.88 Å². The summed E-state index contributed by atoms with van der Waals surface area (Å²) >= 11 is 0. The Bertz CT molecular complexity index is 969. The molecule has 0 radical (unpaired) electrons. The second-order valence-electron chi connectivity index (χ2n) is 10.8. The van der Waals surface area contributed by atoms with E-state index in [0.717, 1.165) is 32.1 Å². The predicted octanol–water partition coefficient (Wildman–Crippen LogP) is 3.24. The van der Waals surface area contributed by atoms with Crippen LogP contribution in [0.25, 0.3) is 0 Å². The second kappa shape index (κ2) is 12.9. The maximum Gasteiger partial charge on any atom is 0.251 e. The van der Waals surface area contributed by atoms with Crippen LogP contribution in [0, 0.1) is 11.8 Å². The van der Waals surface area contributed by atoms with Crippen molar-refractivity contribution in [3.05, 3.63) is 28.0 Å². The third kappa shape index (κ3) is 7.34. The third-order valence-electron chi connectivity index (χ3n) is 7.86. The van der Waals surface area contributed by atoms with E-state index in [-0.39, 0.29) is 40.8 Å². The Kier molecular flexibility index (Phi) is 9.96. The molecule has 9 nitrogen and oxygen atoms in total. The Balaban J connectivity index is 1.71. The number of likely N-dealkylation sites (N-methyl/N-ethyl adjacent to an activating group) is 1. The Morgan fingerprint density at radius 2 is 1.89 bits per heavy atom. The van der Waals surface area contributed by atoms with Gasteiger partial charge in [-0.3, -0.25) is 24.4 Å². The molecule has 3 atom stereocenters. The van der Waals surface area contributed by atoms with Crippen LogP contribution >= 0.6 is 0 Å². The van der Waals surface area contributed by atoms with Crippen molar-refractivity contribution in [2.45, 2.75) is 88.6 Å². The Hall–Kier alpha value is -2.84. The first-order chi connectivity index (χ1) is 17.3. The van der Waals surface area contributed by atoms with Crippen molar-refractivity contribution in [3.63, 3.8) is 0 Å². The van der Waals surface area contributed by atoms with Gasteiger partial charge in [0.15, 0.2) is 5.88 Å². The number of nitrogens with zero attached hydrogens (tertiary/aromatic N) is 2. The molecule has 0 aromatic carbocycles. The zero-order valence-corrected chi connectivity index (χ0v) is 22.1. The summed E-state index contributed by atoms with van der Waals surface area (Å²) in [6.07, 6.45) is 13.4. The van der Waals surface area contributed by atoms with Crippen LogP contribution in [0.1, 0.15) is 87.4 Å². The highest BCUT2D eigenvalue weighted by molar-refractivity contribution is 5.94. The number of aliphatic imine (C=N–C) groups is 1. The third-order valence-corrected chi connectivity index (χ3v) is 7.86. The standard InChI is InChI=1S/C27H43N5O4/c1-32(2)26(35)27(29-18-28,13-12-19-8-5-4-6-9-19)17-20-10-7-11-22(14-20)30-25(34)21-15-23(33)31-24(16-21)36-3/h15-16,18-20,22H,4-14,17H2,1-3H3,(H2,28,29)(H,30,34)(H,31,33)/t20?,22?,27-/m1/s1. The monoisotopic (exact) mass is 501 g/mol. The molecule has 2 saturated carbocycles. The number of ether oxygens (including phenoxy) is 1. The number of hydrogen-bond donors (Lipinski definition) is 3. The Morgan fingerprint density at radius 3 is 2.56 bits per heavy atom. The number of nitrogens with one attached hydrogen (secondary N) is 2. The van der Waals surface area contributed by atoms with Gasteiger partial charge in [-0.05, 0) is 43.9 Å². The fourth-order valence-electron chi connectivity index (χ4n) is 6.06. The lowest BCUT2D eigenvalue weighted by molar-refractivity contribution is -0.135. The summed E-state index contributed by atoms with van der Waals surface area (Å²) in [4.78, 5) is 47.0. The largest absolute Gasteiger partial charge is 0.482 e. The van der Waals surface area contributed by atoms with Crippen LogP contribution in [-0.4, -0.2) is 60.8 Å². The van der Waals surface area contributed by atoms with E-state index in [1.165, 1.54) is 57.7 Å². The number of methoxy groups -OCH3 is 1. The van der Waals surface area contributed by atoms with Gasteiger partial charge in [0, 0.05) is 32.3 Å². The number of H-pyrrole nitrogens is 1. The Labute approximate surface area is 214 Å². The van der Waals surface area contributed by atoms with Crippen LogP contribution in [0.2, 0.25) is 0 Å². The summed E-state index contributed by atoms with van der Waals surface area (Å²) in [6, 6.07) is 2.77. The molecule has 1 heterocycles. The molecule has 2 unspecified atom stereocenters. The smallest absolute Gasteiger partial charge is 0.251 e. The topological polar surface area (TPSA) is 130 Å². The van der Waals surface area contributed by atoms with Crippen molar-refractivity contribution >= 4 is 18.2 Å². The number of hydrogen-bond acceptors (Lipinski definition) is 5. The summed E-state index contributed by atoms with van der Waals surface area (Å²) < 4.78 is 5.08. The van der Waals surface area contributed by atoms with Crippen molar-refractivity contribution in [1.29, 1.82) is 0 Å². The molecule has 2 aliphatic rings. The van der Waals surface area contributed by atoms with Crippen LogP contribution < -0.4 is 21.3 Å². The molecule has 0 bridgehead atoms. The molecule has 1 aromatic heterocycles. The van der Waals surface area contributed by atoms with E-state index >= 15 is 0 Å². The van der Waals surface area contributed by atoms with Crippen LogP contribution in [-0.2, 0) is 4.79 Å². The first kappa shape index (κ1) is 27.7. The van der Waals surface area contributed by atoms with Crippen molar-refractivity contribution in [2.24, 2.45) is 22.6 Å². The second-order valence-corrected chi connectivity index (χ2v) is 10.8.